The molecule has 1 unspecified atom stereocenters. The number of carbonyl (C=O) groups excluding carboxylic acids is 1. The Balaban J connectivity index is 3.09. The van der Waals surface area contributed by atoms with Gasteiger partial charge in [0, 0.05) is 17.5 Å². The zero-order chi connectivity index (χ0) is 14.6. The highest BCUT2D eigenvalue weighted by Gasteiger charge is 2.16. The monoisotopic (exact) mass is 304 g/mol. The normalized spacial score (nSPS) is 13.1. The van der Waals surface area contributed by atoms with Crippen molar-refractivity contribution in [3.05, 3.63) is 23.8 Å². The molecule has 0 aliphatic rings. The van der Waals surface area contributed by atoms with Crippen molar-refractivity contribution in [2.45, 2.75) is 18.7 Å². The summed E-state index contributed by atoms with van der Waals surface area (Å²) < 4.78 is 25.6. The van der Waals surface area contributed by atoms with Crippen LogP contribution in [-0.4, -0.2) is 27.3 Å². The van der Waals surface area contributed by atoms with E-state index in [1.165, 1.54) is 19.2 Å². The molecule has 2 N–H and O–H groups in total. The van der Waals surface area contributed by atoms with Crippen molar-refractivity contribution in [3.63, 3.8) is 0 Å². The molecule has 0 radical (unpaired) electrons. The maximum Gasteiger partial charge on any atom is 0.240 e. The maximum atomic E-state index is 11.8. The molecule has 7 heteroatoms. The van der Waals surface area contributed by atoms with Gasteiger partial charge in [-0.05, 0) is 31.7 Å². The third kappa shape index (κ3) is 3.92. The van der Waals surface area contributed by atoms with Gasteiger partial charge in [0.1, 0.15) is 0 Å². The van der Waals surface area contributed by atoms with Crippen molar-refractivity contribution < 1.29 is 13.2 Å². The van der Waals surface area contributed by atoms with Crippen LogP contribution in [0.2, 0.25) is 0 Å². The molecule has 1 amide bonds. The Bertz CT molecular complexity index is 572. The van der Waals surface area contributed by atoms with E-state index in [0.717, 1.165) is 5.56 Å². The van der Waals surface area contributed by atoms with E-state index in [-0.39, 0.29) is 22.6 Å². The minimum Gasteiger partial charge on any atom is -0.326 e. The van der Waals surface area contributed by atoms with Crippen LogP contribution in [0.5, 0.6) is 0 Å². The molecule has 1 aromatic carbocycles. The number of rotatable bonds is 5. The van der Waals surface area contributed by atoms with Crippen LogP contribution in [0.3, 0.4) is 0 Å². The number of benzene rings is 1. The molecule has 0 fully saturated rings. The number of amides is 1. The summed E-state index contributed by atoms with van der Waals surface area (Å²) in [6.45, 7) is 3.49. The summed E-state index contributed by atoms with van der Waals surface area (Å²) in [7, 11) is -2.19. The van der Waals surface area contributed by atoms with Crippen LogP contribution in [0.25, 0.3) is 0 Å². The molecule has 0 spiro atoms. The van der Waals surface area contributed by atoms with Gasteiger partial charge in [-0.2, -0.15) is 0 Å². The lowest BCUT2D eigenvalue weighted by atomic mass is 10.1. The lowest BCUT2D eigenvalue weighted by Gasteiger charge is -2.13. The first-order valence-electron chi connectivity index (χ1n) is 5.73. The molecule has 0 heterocycles. The topological polar surface area (TPSA) is 75.3 Å². The van der Waals surface area contributed by atoms with Gasteiger partial charge in [-0.3, -0.25) is 4.79 Å². The number of halogens is 1. The molecule has 19 heavy (non-hydrogen) atoms. The lowest BCUT2D eigenvalue weighted by molar-refractivity contribution is -0.118. The molecule has 106 valence electrons. The number of carbonyl (C=O) groups is 1. The van der Waals surface area contributed by atoms with Crippen LogP contribution in [-0.2, 0) is 14.8 Å². The largest absolute Gasteiger partial charge is 0.326 e. The van der Waals surface area contributed by atoms with Gasteiger partial charge in [0.15, 0.2) is 0 Å². The smallest absolute Gasteiger partial charge is 0.240 e. The second kappa shape index (κ2) is 6.36. The average Bonchev–Trinajstić information content (AvgIpc) is 2.39. The fourth-order valence-electron chi connectivity index (χ4n) is 1.35. The average molecular weight is 305 g/mol. The van der Waals surface area contributed by atoms with Gasteiger partial charge in [-0.1, -0.05) is 13.0 Å². The summed E-state index contributed by atoms with van der Waals surface area (Å²) in [5.74, 6) is -0.373. The van der Waals surface area contributed by atoms with Crippen LogP contribution in [0.4, 0.5) is 5.69 Å². The van der Waals surface area contributed by atoms with Crippen molar-refractivity contribution in [2.75, 3.05) is 18.2 Å². The molecule has 0 aliphatic carbocycles. The number of hydrogen-bond donors (Lipinski definition) is 2. The van der Waals surface area contributed by atoms with Crippen molar-refractivity contribution >= 4 is 33.2 Å². The van der Waals surface area contributed by atoms with Crippen LogP contribution in [0, 0.1) is 12.8 Å². The molecule has 1 aromatic rings. The number of anilines is 1. The molecule has 1 atom stereocenters. The van der Waals surface area contributed by atoms with E-state index in [4.69, 9.17) is 11.6 Å². The minimum atomic E-state index is -3.53. The summed E-state index contributed by atoms with van der Waals surface area (Å²) >= 11 is 5.61. The van der Waals surface area contributed by atoms with Crippen LogP contribution < -0.4 is 10.0 Å². The Hall–Kier alpha value is -1.11. The summed E-state index contributed by atoms with van der Waals surface area (Å²) in [5.41, 5.74) is 1.25. The Labute approximate surface area is 118 Å². The van der Waals surface area contributed by atoms with Crippen LogP contribution in [0.15, 0.2) is 23.1 Å². The number of nitrogens with one attached hydrogen (secondary N) is 2. The van der Waals surface area contributed by atoms with Crippen molar-refractivity contribution in [3.8, 4) is 0 Å². The molecule has 0 aliphatic heterocycles. The predicted octanol–water partition coefficient (Wildman–Crippen LogP) is 1.72. The number of hydrogen-bond acceptors (Lipinski definition) is 3. The Kier molecular flexibility index (Phi) is 5.34. The Morgan fingerprint density at radius 3 is 2.58 bits per heavy atom. The third-order valence-corrected chi connectivity index (χ3v) is 4.60. The Morgan fingerprint density at radius 1 is 1.42 bits per heavy atom. The first-order valence-corrected chi connectivity index (χ1v) is 7.74. The van der Waals surface area contributed by atoms with E-state index < -0.39 is 10.0 Å². The van der Waals surface area contributed by atoms with E-state index in [2.05, 4.69) is 10.0 Å². The number of sulfonamides is 1. The highest BCUT2D eigenvalue weighted by molar-refractivity contribution is 7.89. The maximum absolute atomic E-state index is 11.8. The van der Waals surface area contributed by atoms with E-state index in [1.54, 1.807) is 19.9 Å². The first-order chi connectivity index (χ1) is 8.81. The number of alkyl halides is 1. The molecular weight excluding hydrogens is 288 g/mol. The van der Waals surface area contributed by atoms with Crippen molar-refractivity contribution in [1.82, 2.24) is 4.72 Å². The van der Waals surface area contributed by atoms with Crippen LogP contribution >= 0.6 is 11.6 Å². The summed E-state index contributed by atoms with van der Waals surface area (Å²) in [6.07, 6.45) is 0. The van der Waals surface area contributed by atoms with Crippen LogP contribution in [0.1, 0.15) is 12.5 Å². The van der Waals surface area contributed by atoms with E-state index >= 15 is 0 Å². The summed E-state index contributed by atoms with van der Waals surface area (Å²) in [5, 5.41) is 2.68. The lowest BCUT2D eigenvalue weighted by Crippen LogP contribution is -2.23. The van der Waals surface area contributed by atoms with Gasteiger partial charge in [0.2, 0.25) is 15.9 Å². The highest BCUT2D eigenvalue weighted by Crippen LogP contribution is 2.20. The van der Waals surface area contributed by atoms with Crippen molar-refractivity contribution in [1.29, 1.82) is 0 Å². The van der Waals surface area contributed by atoms with E-state index in [1.807, 2.05) is 0 Å². The minimum absolute atomic E-state index is 0.106. The van der Waals surface area contributed by atoms with Gasteiger partial charge >= 0.3 is 0 Å². The highest BCUT2D eigenvalue weighted by atomic mass is 35.5. The zero-order valence-electron chi connectivity index (χ0n) is 11.0. The van der Waals surface area contributed by atoms with Gasteiger partial charge < -0.3 is 5.32 Å². The summed E-state index contributed by atoms with van der Waals surface area (Å²) in [4.78, 5) is 11.9. The SMILES string of the molecule is CNS(=O)(=O)c1ccc(C)c(NC(=O)C(C)CCl)c1. The molecule has 0 saturated heterocycles. The van der Waals surface area contributed by atoms with Gasteiger partial charge in [0.25, 0.3) is 0 Å². The second-order valence-electron chi connectivity index (χ2n) is 4.23. The second-order valence-corrected chi connectivity index (χ2v) is 6.42. The van der Waals surface area contributed by atoms with Gasteiger partial charge in [-0.25, -0.2) is 13.1 Å². The molecule has 1 rings (SSSR count). The first kappa shape index (κ1) is 15.9. The predicted molar refractivity (Wildman–Crippen MR) is 75.9 cm³/mol. The Morgan fingerprint density at radius 2 is 2.05 bits per heavy atom. The third-order valence-electron chi connectivity index (χ3n) is 2.72. The molecule has 5 nitrogen and oxygen atoms in total. The fraction of sp³-hybridized carbons (Fsp3) is 0.417. The zero-order valence-corrected chi connectivity index (χ0v) is 12.6. The van der Waals surface area contributed by atoms with Gasteiger partial charge in [-0.15, -0.1) is 11.6 Å². The molecular formula is C12H17ClN2O3S. The van der Waals surface area contributed by atoms with Crippen molar-refractivity contribution in [2.24, 2.45) is 5.92 Å². The molecule has 0 aromatic heterocycles. The quantitative estimate of drug-likeness (QED) is 0.813. The standard InChI is InChI=1S/C12H17ClN2O3S/c1-8-4-5-10(19(17,18)14-3)6-11(8)15-12(16)9(2)7-13/h4-6,9,14H,7H2,1-3H3,(H,15,16). The number of aryl methyl sites for hydroxylation is 1. The van der Waals surface area contributed by atoms with E-state index in [9.17, 15) is 13.2 Å². The summed E-state index contributed by atoms with van der Waals surface area (Å²) in [6, 6.07) is 4.56. The van der Waals surface area contributed by atoms with E-state index in [0.29, 0.717) is 5.69 Å². The molecule has 0 bridgehead atoms. The fourth-order valence-corrected chi connectivity index (χ4v) is 2.24. The van der Waals surface area contributed by atoms with Gasteiger partial charge in [0.05, 0.1) is 4.90 Å². The molecule has 0 saturated carbocycles.